The van der Waals surface area contributed by atoms with Crippen LogP contribution in [0.3, 0.4) is 0 Å². The third kappa shape index (κ3) is 3.70. The molecule has 0 fully saturated rings. The summed E-state index contributed by atoms with van der Waals surface area (Å²) in [6.45, 7) is 0.389. The summed E-state index contributed by atoms with van der Waals surface area (Å²) in [6.07, 6.45) is 3.39. The number of H-pyrrole nitrogens is 1. The number of nitrogens with one attached hydrogen (secondary N) is 2. The molecule has 76 valence electrons. The van der Waals surface area contributed by atoms with E-state index in [9.17, 15) is 9.59 Å². The van der Waals surface area contributed by atoms with Crippen molar-refractivity contribution in [2.45, 2.75) is 12.8 Å². The summed E-state index contributed by atoms with van der Waals surface area (Å²) in [5.74, 6) is -0.842. The van der Waals surface area contributed by atoms with Crippen molar-refractivity contribution in [3.63, 3.8) is 0 Å². The van der Waals surface area contributed by atoms with Gasteiger partial charge in [-0.15, -0.1) is 0 Å². The van der Waals surface area contributed by atoms with Gasteiger partial charge in [0, 0.05) is 25.4 Å². The van der Waals surface area contributed by atoms with E-state index < -0.39 is 18.3 Å². The van der Waals surface area contributed by atoms with Crippen molar-refractivity contribution >= 4 is 11.9 Å². The molecule has 0 aromatic carbocycles. The lowest BCUT2D eigenvalue weighted by atomic mass is 10.3. The number of rotatable bonds is 5. The van der Waals surface area contributed by atoms with E-state index in [0.29, 0.717) is 13.0 Å². The largest absolute Gasteiger partial charge is 0.481 e. The molecule has 1 rings (SSSR count). The number of hydrogen-bond donors (Lipinski definition) is 3. The molecule has 0 bridgehead atoms. The number of aliphatic carboxylic acids is 1. The van der Waals surface area contributed by atoms with Crippen LogP contribution in [0.4, 0.5) is 0 Å². The Morgan fingerprint density at radius 1 is 1.57 bits per heavy atom. The molecule has 1 aromatic rings. The molecule has 1 aromatic heterocycles. The highest BCUT2D eigenvalue weighted by atomic mass is 16.4. The van der Waals surface area contributed by atoms with E-state index in [1.807, 2.05) is 0 Å². The van der Waals surface area contributed by atoms with Gasteiger partial charge in [-0.2, -0.15) is 0 Å². The monoisotopic (exact) mass is 197 g/mol. The molecule has 0 spiro atoms. The highest BCUT2D eigenvalue weighted by Crippen LogP contribution is 1.88. The molecule has 0 aliphatic rings. The second kappa shape index (κ2) is 5.00. The zero-order valence-corrected chi connectivity index (χ0v) is 7.49. The van der Waals surface area contributed by atoms with Crippen LogP contribution in [0.15, 0.2) is 12.4 Å². The maximum Gasteiger partial charge on any atom is 0.312 e. The highest BCUT2D eigenvalue weighted by Gasteiger charge is 2.06. The number of imidazole rings is 1. The summed E-state index contributed by atoms with van der Waals surface area (Å²) in [7, 11) is 0. The zero-order valence-electron chi connectivity index (χ0n) is 7.49. The quantitative estimate of drug-likeness (QED) is 0.557. The standard InChI is InChI=1S/C8H11N3O3/c12-7(5-8(13)14)11-2-1-6-9-3-4-10-6/h3-4H,1-2,5H2,(H,9,10)(H,11,12)(H,13,14). The van der Waals surface area contributed by atoms with E-state index in [4.69, 9.17) is 5.11 Å². The summed E-state index contributed by atoms with van der Waals surface area (Å²) in [6, 6.07) is 0. The first-order valence-electron chi connectivity index (χ1n) is 4.15. The molecule has 0 unspecified atom stereocenters. The van der Waals surface area contributed by atoms with Gasteiger partial charge in [-0.1, -0.05) is 0 Å². The third-order valence-corrected chi connectivity index (χ3v) is 1.55. The van der Waals surface area contributed by atoms with Crippen molar-refractivity contribution in [1.29, 1.82) is 0 Å². The summed E-state index contributed by atoms with van der Waals surface area (Å²) >= 11 is 0. The van der Waals surface area contributed by atoms with Crippen LogP contribution in [0.2, 0.25) is 0 Å². The fourth-order valence-electron chi connectivity index (χ4n) is 0.955. The molecule has 0 atom stereocenters. The molecule has 0 aliphatic heterocycles. The van der Waals surface area contributed by atoms with Crippen LogP contribution >= 0.6 is 0 Å². The Balaban J connectivity index is 2.15. The number of carboxylic acids is 1. The lowest BCUT2D eigenvalue weighted by molar-refractivity contribution is -0.140. The molecular formula is C8H11N3O3. The summed E-state index contributed by atoms with van der Waals surface area (Å²) in [5.41, 5.74) is 0. The first kappa shape index (κ1) is 10.2. The lowest BCUT2D eigenvalue weighted by Gasteiger charge is -2.00. The van der Waals surface area contributed by atoms with Gasteiger partial charge < -0.3 is 15.4 Å². The van der Waals surface area contributed by atoms with Gasteiger partial charge in [0.05, 0.1) is 0 Å². The van der Waals surface area contributed by atoms with E-state index in [1.54, 1.807) is 12.4 Å². The van der Waals surface area contributed by atoms with E-state index in [2.05, 4.69) is 15.3 Å². The van der Waals surface area contributed by atoms with Crippen molar-refractivity contribution in [2.24, 2.45) is 0 Å². The topological polar surface area (TPSA) is 95.1 Å². The minimum atomic E-state index is -1.12. The number of aromatic nitrogens is 2. The lowest BCUT2D eigenvalue weighted by Crippen LogP contribution is -2.27. The first-order valence-corrected chi connectivity index (χ1v) is 4.15. The molecule has 0 saturated carbocycles. The number of nitrogens with zero attached hydrogens (tertiary/aromatic N) is 1. The van der Waals surface area contributed by atoms with Crippen LogP contribution in [0.25, 0.3) is 0 Å². The van der Waals surface area contributed by atoms with E-state index in [1.165, 1.54) is 0 Å². The normalized spacial score (nSPS) is 9.71. The van der Waals surface area contributed by atoms with Gasteiger partial charge in [0.1, 0.15) is 12.2 Å². The highest BCUT2D eigenvalue weighted by molar-refractivity contribution is 5.93. The summed E-state index contributed by atoms with van der Waals surface area (Å²) in [4.78, 5) is 27.8. The van der Waals surface area contributed by atoms with Gasteiger partial charge in [-0.05, 0) is 0 Å². The Morgan fingerprint density at radius 3 is 2.93 bits per heavy atom. The molecule has 0 saturated heterocycles. The minimum Gasteiger partial charge on any atom is -0.481 e. The molecule has 1 amide bonds. The fourth-order valence-corrected chi connectivity index (χ4v) is 0.955. The second-order valence-electron chi connectivity index (χ2n) is 2.71. The number of hydrogen-bond acceptors (Lipinski definition) is 3. The number of amides is 1. The molecule has 1 heterocycles. The molecule has 6 heteroatoms. The smallest absolute Gasteiger partial charge is 0.312 e. The second-order valence-corrected chi connectivity index (χ2v) is 2.71. The van der Waals surface area contributed by atoms with Crippen LogP contribution < -0.4 is 5.32 Å². The Labute approximate surface area is 80.4 Å². The Bertz CT molecular complexity index is 308. The molecule has 14 heavy (non-hydrogen) atoms. The van der Waals surface area contributed by atoms with Crippen molar-refractivity contribution in [1.82, 2.24) is 15.3 Å². The maximum absolute atomic E-state index is 10.9. The van der Waals surface area contributed by atoms with Gasteiger partial charge in [-0.25, -0.2) is 4.98 Å². The van der Waals surface area contributed by atoms with Crippen molar-refractivity contribution in [3.05, 3.63) is 18.2 Å². The predicted octanol–water partition coefficient (Wildman–Crippen LogP) is -0.457. The van der Waals surface area contributed by atoms with Crippen LogP contribution in [0.1, 0.15) is 12.2 Å². The minimum absolute atomic E-state index is 0.389. The Hall–Kier alpha value is -1.85. The number of aromatic amines is 1. The van der Waals surface area contributed by atoms with Gasteiger partial charge in [-0.3, -0.25) is 9.59 Å². The van der Waals surface area contributed by atoms with Crippen molar-refractivity contribution < 1.29 is 14.7 Å². The molecular weight excluding hydrogens is 186 g/mol. The zero-order chi connectivity index (χ0) is 10.4. The van der Waals surface area contributed by atoms with Crippen LogP contribution in [0, 0.1) is 0 Å². The van der Waals surface area contributed by atoms with Crippen LogP contribution in [0.5, 0.6) is 0 Å². The van der Waals surface area contributed by atoms with Gasteiger partial charge in [0.25, 0.3) is 0 Å². The average Bonchev–Trinajstić information content (AvgIpc) is 2.55. The van der Waals surface area contributed by atoms with Gasteiger partial charge >= 0.3 is 5.97 Å². The van der Waals surface area contributed by atoms with Crippen LogP contribution in [-0.2, 0) is 16.0 Å². The molecule has 0 radical (unpaired) electrons. The van der Waals surface area contributed by atoms with Crippen LogP contribution in [-0.4, -0.2) is 33.5 Å². The van der Waals surface area contributed by atoms with E-state index >= 15 is 0 Å². The molecule has 3 N–H and O–H groups in total. The fraction of sp³-hybridized carbons (Fsp3) is 0.375. The number of carbonyl (C=O) groups excluding carboxylic acids is 1. The van der Waals surface area contributed by atoms with Gasteiger partial charge in [0.15, 0.2) is 0 Å². The Morgan fingerprint density at radius 2 is 2.36 bits per heavy atom. The molecule has 6 nitrogen and oxygen atoms in total. The Kier molecular flexibility index (Phi) is 3.66. The molecule has 0 aliphatic carbocycles. The van der Waals surface area contributed by atoms with Crippen molar-refractivity contribution in [2.75, 3.05) is 6.54 Å². The average molecular weight is 197 g/mol. The summed E-state index contributed by atoms with van der Waals surface area (Å²) in [5, 5.41) is 10.8. The summed E-state index contributed by atoms with van der Waals surface area (Å²) < 4.78 is 0. The maximum atomic E-state index is 10.9. The predicted molar refractivity (Wildman–Crippen MR) is 47.6 cm³/mol. The first-order chi connectivity index (χ1) is 6.68. The number of carbonyl (C=O) groups is 2. The van der Waals surface area contributed by atoms with Crippen molar-refractivity contribution in [3.8, 4) is 0 Å². The van der Waals surface area contributed by atoms with Gasteiger partial charge in [0.2, 0.25) is 5.91 Å². The van der Waals surface area contributed by atoms with E-state index in [-0.39, 0.29) is 0 Å². The SMILES string of the molecule is O=C(O)CC(=O)NCCc1ncc[nH]1. The van der Waals surface area contributed by atoms with E-state index in [0.717, 1.165) is 5.82 Å². The third-order valence-electron chi connectivity index (χ3n) is 1.55. The number of carboxylic acid groups (broad SMARTS) is 1.